The Morgan fingerprint density at radius 1 is 1.40 bits per heavy atom. The molecule has 1 heterocycles. The van der Waals surface area contributed by atoms with Crippen LogP contribution in [0, 0.1) is 5.82 Å². The molecule has 0 spiro atoms. The van der Waals surface area contributed by atoms with Gasteiger partial charge in [-0.1, -0.05) is 26.0 Å². The summed E-state index contributed by atoms with van der Waals surface area (Å²) in [5.74, 6) is -0.0305. The SMILES string of the molecule is CC(C)NCc1cccc(F)c1OCc1cncn1C. The molecule has 0 fully saturated rings. The van der Waals surface area contributed by atoms with Gasteiger partial charge in [0.1, 0.15) is 6.61 Å². The Labute approximate surface area is 118 Å². The lowest BCUT2D eigenvalue weighted by atomic mass is 10.2. The fourth-order valence-electron chi connectivity index (χ4n) is 1.84. The van der Waals surface area contributed by atoms with Crippen molar-refractivity contribution in [2.45, 2.75) is 33.0 Å². The zero-order valence-corrected chi connectivity index (χ0v) is 12.1. The summed E-state index contributed by atoms with van der Waals surface area (Å²) in [4.78, 5) is 4.02. The van der Waals surface area contributed by atoms with Crippen molar-refractivity contribution in [1.82, 2.24) is 14.9 Å². The molecule has 1 N–H and O–H groups in total. The molecule has 4 nitrogen and oxygen atoms in total. The van der Waals surface area contributed by atoms with Gasteiger partial charge in [-0.15, -0.1) is 0 Å². The van der Waals surface area contributed by atoms with Crippen molar-refractivity contribution < 1.29 is 9.13 Å². The third kappa shape index (κ3) is 3.57. The van der Waals surface area contributed by atoms with Crippen LogP contribution in [0.25, 0.3) is 0 Å². The minimum Gasteiger partial charge on any atom is -0.484 e. The average molecular weight is 277 g/mol. The zero-order chi connectivity index (χ0) is 14.5. The van der Waals surface area contributed by atoms with Crippen LogP contribution in [0.5, 0.6) is 5.75 Å². The molecule has 1 aromatic heterocycles. The molecule has 0 bridgehead atoms. The molecule has 0 saturated carbocycles. The summed E-state index contributed by atoms with van der Waals surface area (Å²) in [6.45, 7) is 4.98. The van der Waals surface area contributed by atoms with Crippen LogP contribution in [-0.2, 0) is 20.2 Å². The molecule has 1 aromatic carbocycles. The van der Waals surface area contributed by atoms with E-state index in [1.165, 1.54) is 6.07 Å². The third-order valence-corrected chi connectivity index (χ3v) is 3.03. The Morgan fingerprint density at radius 2 is 2.20 bits per heavy atom. The number of para-hydroxylation sites is 1. The normalized spacial score (nSPS) is 11.1. The standard InChI is InChI=1S/C15H20FN3O/c1-11(2)18-7-12-5-4-6-14(16)15(12)20-9-13-8-17-10-19(13)3/h4-6,8,10-11,18H,7,9H2,1-3H3. The van der Waals surface area contributed by atoms with Gasteiger partial charge in [0.2, 0.25) is 0 Å². The highest BCUT2D eigenvalue weighted by Crippen LogP contribution is 2.23. The number of hydrogen-bond donors (Lipinski definition) is 1. The quantitative estimate of drug-likeness (QED) is 0.882. The summed E-state index contributed by atoms with van der Waals surface area (Å²) in [6.07, 6.45) is 3.41. The highest BCUT2D eigenvalue weighted by atomic mass is 19.1. The van der Waals surface area contributed by atoms with Gasteiger partial charge in [0, 0.05) is 25.2 Å². The lowest BCUT2D eigenvalue weighted by Crippen LogP contribution is -2.22. The largest absolute Gasteiger partial charge is 0.484 e. The number of aryl methyl sites for hydroxylation is 1. The molecule has 0 atom stereocenters. The van der Waals surface area contributed by atoms with E-state index in [9.17, 15) is 4.39 Å². The van der Waals surface area contributed by atoms with Crippen molar-refractivity contribution >= 4 is 0 Å². The molecular weight excluding hydrogens is 257 g/mol. The first-order chi connectivity index (χ1) is 9.58. The van der Waals surface area contributed by atoms with Crippen molar-refractivity contribution in [2.75, 3.05) is 0 Å². The van der Waals surface area contributed by atoms with E-state index >= 15 is 0 Å². The number of ether oxygens (including phenoxy) is 1. The Hall–Kier alpha value is -1.88. The average Bonchev–Trinajstić information content (AvgIpc) is 2.81. The van der Waals surface area contributed by atoms with E-state index in [2.05, 4.69) is 24.1 Å². The van der Waals surface area contributed by atoms with E-state index in [1.54, 1.807) is 18.6 Å². The maximum absolute atomic E-state index is 13.9. The minimum absolute atomic E-state index is 0.298. The van der Waals surface area contributed by atoms with Crippen LogP contribution in [0.4, 0.5) is 4.39 Å². The van der Waals surface area contributed by atoms with Crippen molar-refractivity contribution in [3.05, 3.63) is 47.8 Å². The van der Waals surface area contributed by atoms with Gasteiger partial charge in [0.15, 0.2) is 11.6 Å². The molecular formula is C15H20FN3O. The van der Waals surface area contributed by atoms with Gasteiger partial charge in [0.05, 0.1) is 18.2 Å². The second-order valence-corrected chi connectivity index (χ2v) is 5.05. The van der Waals surface area contributed by atoms with Crippen LogP contribution in [0.15, 0.2) is 30.7 Å². The first-order valence-corrected chi connectivity index (χ1v) is 6.66. The van der Waals surface area contributed by atoms with E-state index in [0.29, 0.717) is 24.9 Å². The molecule has 5 heteroatoms. The summed E-state index contributed by atoms with van der Waals surface area (Å²) in [7, 11) is 1.88. The molecule has 0 aliphatic carbocycles. The monoisotopic (exact) mass is 277 g/mol. The summed E-state index contributed by atoms with van der Waals surface area (Å²) in [6, 6.07) is 5.32. The number of benzene rings is 1. The van der Waals surface area contributed by atoms with E-state index in [-0.39, 0.29) is 5.82 Å². The predicted molar refractivity (Wildman–Crippen MR) is 75.9 cm³/mol. The van der Waals surface area contributed by atoms with Gasteiger partial charge < -0.3 is 14.6 Å². The van der Waals surface area contributed by atoms with Gasteiger partial charge in [-0.25, -0.2) is 9.37 Å². The lowest BCUT2D eigenvalue weighted by molar-refractivity contribution is 0.278. The van der Waals surface area contributed by atoms with Crippen molar-refractivity contribution in [2.24, 2.45) is 7.05 Å². The van der Waals surface area contributed by atoms with Crippen molar-refractivity contribution in [1.29, 1.82) is 0 Å². The van der Waals surface area contributed by atoms with Crippen molar-refractivity contribution in [3.63, 3.8) is 0 Å². The molecule has 0 aliphatic heterocycles. The number of hydrogen-bond acceptors (Lipinski definition) is 3. The molecule has 20 heavy (non-hydrogen) atoms. The highest BCUT2D eigenvalue weighted by molar-refractivity contribution is 5.35. The number of nitrogens with one attached hydrogen (secondary N) is 1. The van der Waals surface area contributed by atoms with Crippen LogP contribution in [0.2, 0.25) is 0 Å². The van der Waals surface area contributed by atoms with Crippen LogP contribution in [0.1, 0.15) is 25.1 Å². The Balaban J connectivity index is 2.11. The van der Waals surface area contributed by atoms with Gasteiger partial charge in [-0.05, 0) is 6.07 Å². The first kappa shape index (κ1) is 14.5. The summed E-state index contributed by atoms with van der Waals surface area (Å²) in [5, 5.41) is 3.27. The minimum atomic E-state index is -0.338. The van der Waals surface area contributed by atoms with E-state index in [4.69, 9.17) is 4.74 Å². The molecule has 0 amide bonds. The fraction of sp³-hybridized carbons (Fsp3) is 0.400. The molecule has 0 radical (unpaired) electrons. The van der Waals surface area contributed by atoms with Gasteiger partial charge in [0.25, 0.3) is 0 Å². The van der Waals surface area contributed by atoms with E-state index in [1.807, 2.05) is 17.7 Å². The van der Waals surface area contributed by atoms with Crippen LogP contribution in [-0.4, -0.2) is 15.6 Å². The first-order valence-electron chi connectivity index (χ1n) is 6.66. The summed E-state index contributed by atoms with van der Waals surface area (Å²) in [5.41, 5.74) is 1.72. The lowest BCUT2D eigenvalue weighted by Gasteiger charge is -2.14. The highest BCUT2D eigenvalue weighted by Gasteiger charge is 2.11. The smallest absolute Gasteiger partial charge is 0.165 e. The number of rotatable bonds is 6. The number of imidazole rings is 1. The van der Waals surface area contributed by atoms with E-state index < -0.39 is 0 Å². The van der Waals surface area contributed by atoms with Crippen molar-refractivity contribution in [3.8, 4) is 5.75 Å². The Bertz CT molecular complexity index is 566. The molecule has 2 rings (SSSR count). The van der Waals surface area contributed by atoms with Crippen LogP contribution < -0.4 is 10.1 Å². The number of nitrogens with zero attached hydrogens (tertiary/aromatic N) is 2. The van der Waals surface area contributed by atoms with Crippen LogP contribution >= 0.6 is 0 Å². The second kappa shape index (κ2) is 6.52. The van der Waals surface area contributed by atoms with Crippen LogP contribution in [0.3, 0.4) is 0 Å². The third-order valence-electron chi connectivity index (χ3n) is 3.03. The maximum atomic E-state index is 13.9. The van der Waals surface area contributed by atoms with Gasteiger partial charge >= 0.3 is 0 Å². The predicted octanol–water partition coefficient (Wildman–Crippen LogP) is 2.64. The van der Waals surface area contributed by atoms with E-state index in [0.717, 1.165) is 11.3 Å². The van der Waals surface area contributed by atoms with Gasteiger partial charge in [-0.3, -0.25) is 0 Å². The molecule has 0 saturated heterocycles. The summed E-state index contributed by atoms with van der Waals surface area (Å²) >= 11 is 0. The molecule has 0 unspecified atom stereocenters. The zero-order valence-electron chi connectivity index (χ0n) is 12.1. The molecule has 2 aromatic rings. The number of aromatic nitrogens is 2. The number of halogens is 1. The fourth-order valence-corrected chi connectivity index (χ4v) is 1.84. The molecule has 108 valence electrons. The maximum Gasteiger partial charge on any atom is 0.165 e. The Kier molecular flexibility index (Phi) is 4.74. The Morgan fingerprint density at radius 3 is 2.85 bits per heavy atom. The summed E-state index contributed by atoms with van der Waals surface area (Å²) < 4.78 is 21.4. The topological polar surface area (TPSA) is 39.1 Å². The second-order valence-electron chi connectivity index (χ2n) is 5.05. The molecule has 0 aliphatic rings. The van der Waals surface area contributed by atoms with Gasteiger partial charge in [-0.2, -0.15) is 0 Å².